The minimum absolute atomic E-state index is 0.174. The minimum atomic E-state index is -3.49. The van der Waals surface area contributed by atoms with Crippen molar-refractivity contribution in [2.24, 2.45) is 5.73 Å². The van der Waals surface area contributed by atoms with E-state index in [1.807, 2.05) is 6.92 Å². The van der Waals surface area contributed by atoms with Crippen molar-refractivity contribution in [3.05, 3.63) is 23.5 Å². The highest BCUT2D eigenvalue weighted by Gasteiger charge is 2.44. The molecule has 4 atom stereocenters. The number of allylic oxidation sites excluding steroid dienone is 1. The Morgan fingerprint density at radius 3 is 2.81 bits per heavy atom. The van der Waals surface area contributed by atoms with E-state index < -0.39 is 30.7 Å². The second-order valence-electron chi connectivity index (χ2n) is 6.18. The van der Waals surface area contributed by atoms with Crippen LogP contribution in [-0.2, 0) is 30.3 Å². The summed E-state index contributed by atoms with van der Waals surface area (Å²) in [5.41, 5.74) is 6.18. The van der Waals surface area contributed by atoms with E-state index in [0.717, 1.165) is 0 Å². The molecule has 1 aromatic heterocycles. The van der Waals surface area contributed by atoms with Crippen molar-refractivity contribution in [3.63, 3.8) is 0 Å². The average Bonchev–Trinajstić information content (AvgIpc) is 3.14. The number of rotatable bonds is 6. The van der Waals surface area contributed by atoms with Gasteiger partial charge in [0.25, 0.3) is 5.91 Å². The first kappa shape index (κ1) is 20.1. The molecule has 1 aromatic rings. The lowest BCUT2D eigenvalue weighted by molar-refractivity contribution is -0.0302. The van der Waals surface area contributed by atoms with Gasteiger partial charge >= 0.3 is 6.72 Å². The summed E-state index contributed by atoms with van der Waals surface area (Å²) in [5, 5.41) is 5.60. The summed E-state index contributed by atoms with van der Waals surface area (Å²) >= 11 is 4.94. The molecule has 0 radical (unpaired) electrons. The number of fused-ring (bicyclic) bond motifs is 1. The van der Waals surface area contributed by atoms with Gasteiger partial charge in [-0.2, -0.15) is 0 Å². The summed E-state index contributed by atoms with van der Waals surface area (Å²) < 4.78 is 23.5. The number of amides is 1. The molecule has 0 bridgehead atoms. The standard InChI is InChI=1S/C14H22N5O6PS/c1-5-7-9(25-26(21,27)23-4)10(22-3)13(24-7)19-6-16-8-11(19)17-14(2,15)18-12(8)20/h6,10,13,17H,5,15H2,1-4H3,(H,18,20)(H,21,27)/t10?,13-,14?,26?/m1/s1. The van der Waals surface area contributed by atoms with E-state index in [1.165, 1.54) is 20.5 Å². The van der Waals surface area contributed by atoms with E-state index >= 15 is 0 Å². The monoisotopic (exact) mass is 419 g/mol. The van der Waals surface area contributed by atoms with Gasteiger partial charge in [0.1, 0.15) is 17.9 Å². The Morgan fingerprint density at radius 2 is 2.22 bits per heavy atom. The third kappa shape index (κ3) is 3.68. The summed E-state index contributed by atoms with van der Waals surface area (Å²) in [7, 11) is 2.73. The van der Waals surface area contributed by atoms with Crippen molar-refractivity contribution < 1.29 is 28.2 Å². The van der Waals surface area contributed by atoms with Crippen LogP contribution in [0.4, 0.5) is 5.82 Å². The number of carbonyl (C=O) groups excluding carboxylic acids is 1. The first-order valence-electron chi connectivity index (χ1n) is 8.09. The SMILES string of the molecule is CCC1=C(OP(O)(=S)OC)C(OC)[C@H](n2cnc3c2NC(C)(N)NC3=O)O1. The Hall–Kier alpha value is -1.69. The summed E-state index contributed by atoms with van der Waals surface area (Å²) in [4.78, 5) is 26.4. The van der Waals surface area contributed by atoms with Crippen molar-refractivity contribution in [2.45, 2.75) is 38.4 Å². The van der Waals surface area contributed by atoms with Gasteiger partial charge in [-0.1, -0.05) is 6.92 Å². The summed E-state index contributed by atoms with van der Waals surface area (Å²) in [6, 6.07) is 0. The maximum Gasteiger partial charge on any atom is 0.377 e. The third-order valence-corrected chi connectivity index (χ3v) is 5.67. The van der Waals surface area contributed by atoms with E-state index in [9.17, 15) is 9.69 Å². The van der Waals surface area contributed by atoms with Crippen LogP contribution < -0.4 is 16.4 Å². The van der Waals surface area contributed by atoms with Crippen molar-refractivity contribution in [2.75, 3.05) is 19.5 Å². The Bertz CT molecular complexity index is 840. The van der Waals surface area contributed by atoms with E-state index in [2.05, 4.69) is 15.6 Å². The van der Waals surface area contributed by atoms with E-state index in [0.29, 0.717) is 18.0 Å². The van der Waals surface area contributed by atoms with Gasteiger partial charge in [-0.05, 0) is 6.92 Å². The second-order valence-corrected chi connectivity index (χ2v) is 9.05. The molecule has 0 aromatic carbocycles. The predicted molar refractivity (Wildman–Crippen MR) is 98.7 cm³/mol. The fourth-order valence-corrected chi connectivity index (χ4v) is 3.69. The highest BCUT2D eigenvalue weighted by molar-refractivity contribution is 8.07. The van der Waals surface area contributed by atoms with Gasteiger partial charge in [0.05, 0.1) is 0 Å². The number of ether oxygens (including phenoxy) is 2. The third-order valence-electron chi connectivity index (χ3n) is 4.11. The molecule has 3 heterocycles. The molecule has 3 rings (SSSR count). The molecule has 0 saturated heterocycles. The normalized spacial score (nSPS) is 29.5. The molecule has 0 spiro atoms. The van der Waals surface area contributed by atoms with Gasteiger partial charge in [0.2, 0.25) is 6.23 Å². The molecule has 0 saturated carbocycles. The number of carbonyl (C=O) groups is 1. The zero-order valence-electron chi connectivity index (χ0n) is 15.3. The molecule has 2 aliphatic rings. The predicted octanol–water partition coefficient (Wildman–Crippen LogP) is 0.716. The molecule has 13 heteroatoms. The quantitative estimate of drug-likeness (QED) is 0.487. The summed E-state index contributed by atoms with van der Waals surface area (Å²) in [5.74, 6) is -0.500. The molecular weight excluding hydrogens is 397 g/mol. The number of methoxy groups -OCH3 is 1. The van der Waals surface area contributed by atoms with Gasteiger partial charge in [-0.3, -0.25) is 15.1 Å². The lowest BCUT2D eigenvalue weighted by atomic mass is 10.2. The van der Waals surface area contributed by atoms with Crippen molar-refractivity contribution >= 4 is 30.3 Å². The fraction of sp³-hybridized carbons (Fsp3) is 0.571. The Balaban J connectivity index is 1.98. The number of hydrogen-bond donors (Lipinski definition) is 4. The summed E-state index contributed by atoms with van der Waals surface area (Å²) in [6.07, 6.45) is 0.400. The number of nitrogens with one attached hydrogen (secondary N) is 2. The van der Waals surface area contributed by atoms with Crippen LogP contribution >= 0.6 is 6.72 Å². The fourth-order valence-electron chi connectivity index (χ4n) is 2.92. The number of anilines is 1. The smallest absolute Gasteiger partial charge is 0.377 e. The van der Waals surface area contributed by atoms with E-state index in [1.54, 1.807) is 11.5 Å². The number of nitrogens with two attached hydrogens (primary N) is 1. The highest BCUT2D eigenvalue weighted by Crippen LogP contribution is 2.50. The first-order chi connectivity index (χ1) is 12.6. The van der Waals surface area contributed by atoms with Gasteiger partial charge in [0, 0.05) is 32.4 Å². The Morgan fingerprint density at radius 1 is 1.52 bits per heavy atom. The van der Waals surface area contributed by atoms with Crippen LogP contribution in [0.2, 0.25) is 0 Å². The average molecular weight is 419 g/mol. The van der Waals surface area contributed by atoms with Crippen molar-refractivity contribution in [1.82, 2.24) is 14.9 Å². The van der Waals surface area contributed by atoms with Gasteiger partial charge in [0.15, 0.2) is 23.3 Å². The maximum atomic E-state index is 12.2. The molecule has 5 N–H and O–H groups in total. The van der Waals surface area contributed by atoms with Crippen LogP contribution in [0.25, 0.3) is 0 Å². The number of imidazole rings is 1. The number of aromatic nitrogens is 2. The van der Waals surface area contributed by atoms with Crippen molar-refractivity contribution in [1.29, 1.82) is 0 Å². The van der Waals surface area contributed by atoms with Crippen LogP contribution in [0, 0.1) is 0 Å². The lowest BCUT2D eigenvalue weighted by Gasteiger charge is -2.33. The molecule has 2 aliphatic heterocycles. The van der Waals surface area contributed by atoms with Gasteiger partial charge < -0.3 is 34.0 Å². The van der Waals surface area contributed by atoms with Crippen LogP contribution in [0.3, 0.4) is 0 Å². The first-order valence-corrected chi connectivity index (χ1v) is 10.7. The number of hydrogen-bond acceptors (Lipinski definition) is 9. The largest absolute Gasteiger partial charge is 0.467 e. The second kappa shape index (κ2) is 7.04. The Kier molecular flexibility index (Phi) is 5.23. The minimum Gasteiger partial charge on any atom is -0.467 e. The van der Waals surface area contributed by atoms with Crippen LogP contribution in [0.1, 0.15) is 37.0 Å². The van der Waals surface area contributed by atoms with Crippen LogP contribution in [-0.4, -0.2) is 46.5 Å². The molecule has 11 nitrogen and oxygen atoms in total. The molecule has 27 heavy (non-hydrogen) atoms. The van der Waals surface area contributed by atoms with Crippen LogP contribution in [0.5, 0.6) is 0 Å². The summed E-state index contributed by atoms with van der Waals surface area (Å²) in [6.45, 7) is -0.0249. The lowest BCUT2D eigenvalue weighted by Crippen LogP contribution is -2.62. The molecule has 1 amide bonds. The van der Waals surface area contributed by atoms with Gasteiger partial charge in [-0.25, -0.2) is 4.98 Å². The van der Waals surface area contributed by atoms with E-state index in [-0.39, 0.29) is 11.5 Å². The topological polar surface area (TPSA) is 142 Å². The van der Waals surface area contributed by atoms with Crippen LogP contribution in [0.15, 0.2) is 17.8 Å². The molecule has 150 valence electrons. The Labute approximate surface area is 161 Å². The van der Waals surface area contributed by atoms with Gasteiger partial charge in [-0.15, -0.1) is 0 Å². The zero-order chi connectivity index (χ0) is 20.0. The zero-order valence-corrected chi connectivity index (χ0v) is 17.0. The van der Waals surface area contributed by atoms with Crippen molar-refractivity contribution in [3.8, 4) is 0 Å². The molecule has 3 unspecified atom stereocenters. The molecule has 0 fully saturated rings. The molecular formula is C14H22N5O6PS. The molecule has 0 aliphatic carbocycles. The maximum absolute atomic E-state index is 12.2. The number of nitrogens with zero attached hydrogens (tertiary/aromatic N) is 2. The van der Waals surface area contributed by atoms with E-state index in [4.69, 9.17) is 36.1 Å². The highest BCUT2D eigenvalue weighted by atomic mass is 32.5.